The van der Waals surface area contributed by atoms with Crippen LogP contribution in [0.3, 0.4) is 0 Å². The monoisotopic (exact) mass is 381 g/mol. The van der Waals surface area contributed by atoms with Crippen molar-refractivity contribution in [1.82, 2.24) is 4.90 Å². The van der Waals surface area contributed by atoms with Crippen molar-refractivity contribution in [2.45, 2.75) is 44.7 Å². The predicted molar refractivity (Wildman–Crippen MR) is 125 cm³/mol. The second-order valence-corrected chi connectivity index (χ2v) is 8.10. The number of hydrogen-bond donors (Lipinski definition) is 0. The molecule has 3 aromatic carbocycles. The average Bonchev–Trinajstić information content (AvgIpc) is 2.81. The first-order valence-corrected chi connectivity index (χ1v) is 11.0. The summed E-state index contributed by atoms with van der Waals surface area (Å²) in [4.78, 5) is 2.68. The van der Waals surface area contributed by atoms with Crippen LogP contribution in [0.4, 0.5) is 0 Å². The molecular weight excluding hydrogens is 350 g/mol. The molecule has 1 fully saturated rings. The molecule has 0 unspecified atom stereocenters. The number of hydrogen-bond acceptors (Lipinski definition) is 1. The number of benzene rings is 3. The molecule has 0 saturated heterocycles. The van der Waals surface area contributed by atoms with Gasteiger partial charge in [0, 0.05) is 19.1 Å². The van der Waals surface area contributed by atoms with Crippen molar-refractivity contribution in [3.05, 3.63) is 102 Å². The van der Waals surface area contributed by atoms with Crippen molar-refractivity contribution in [3.8, 4) is 11.1 Å². The molecular formula is C28H31N. The lowest BCUT2D eigenvalue weighted by molar-refractivity contribution is 0.165. The summed E-state index contributed by atoms with van der Waals surface area (Å²) in [6.07, 6.45) is 11.4. The molecule has 1 nitrogen and oxygen atoms in total. The third kappa shape index (κ3) is 5.68. The fourth-order valence-corrected chi connectivity index (χ4v) is 4.34. The predicted octanol–water partition coefficient (Wildman–Crippen LogP) is 7.20. The molecule has 4 rings (SSSR count). The van der Waals surface area contributed by atoms with E-state index in [1.54, 1.807) is 0 Å². The highest BCUT2D eigenvalue weighted by Gasteiger charge is 2.20. The molecule has 0 bridgehead atoms. The van der Waals surface area contributed by atoms with Gasteiger partial charge >= 0.3 is 0 Å². The first-order chi connectivity index (χ1) is 14.4. The molecule has 1 saturated carbocycles. The minimum Gasteiger partial charge on any atom is -0.292 e. The van der Waals surface area contributed by atoms with Crippen molar-refractivity contribution in [1.29, 1.82) is 0 Å². The lowest BCUT2D eigenvalue weighted by Gasteiger charge is -2.33. The first kappa shape index (κ1) is 19.7. The van der Waals surface area contributed by atoms with Crippen LogP contribution in [0.1, 0.15) is 43.2 Å². The van der Waals surface area contributed by atoms with Gasteiger partial charge in [-0.05, 0) is 35.1 Å². The van der Waals surface area contributed by atoms with Gasteiger partial charge in [0.25, 0.3) is 0 Å². The van der Waals surface area contributed by atoms with Gasteiger partial charge in [-0.1, -0.05) is 116 Å². The largest absolute Gasteiger partial charge is 0.292 e. The molecule has 0 N–H and O–H groups in total. The van der Waals surface area contributed by atoms with Crippen LogP contribution in [0.25, 0.3) is 17.2 Å². The minimum absolute atomic E-state index is 0.706. The zero-order valence-corrected chi connectivity index (χ0v) is 17.2. The van der Waals surface area contributed by atoms with E-state index in [0.29, 0.717) is 6.04 Å². The van der Waals surface area contributed by atoms with Crippen molar-refractivity contribution >= 4 is 6.08 Å². The topological polar surface area (TPSA) is 3.24 Å². The first-order valence-electron chi connectivity index (χ1n) is 11.0. The molecule has 1 aliphatic carbocycles. The summed E-state index contributed by atoms with van der Waals surface area (Å²) in [6, 6.07) is 31.1. The van der Waals surface area contributed by atoms with Crippen molar-refractivity contribution in [3.63, 3.8) is 0 Å². The average molecular weight is 382 g/mol. The summed E-state index contributed by atoms with van der Waals surface area (Å²) in [5, 5.41) is 0. The van der Waals surface area contributed by atoms with Gasteiger partial charge in [-0.2, -0.15) is 0 Å². The van der Waals surface area contributed by atoms with E-state index in [0.717, 1.165) is 13.1 Å². The quantitative estimate of drug-likeness (QED) is 0.418. The van der Waals surface area contributed by atoms with E-state index in [4.69, 9.17) is 0 Å². The Balaban J connectivity index is 1.45. The molecule has 0 aliphatic heterocycles. The lowest BCUT2D eigenvalue weighted by atomic mass is 9.93. The smallest absolute Gasteiger partial charge is 0.0239 e. The Kier molecular flexibility index (Phi) is 6.94. The molecule has 0 radical (unpaired) electrons. The van der Waals surface area contributed by atoms with Crippen LogP contribution in [-0.2, 0) is 6.54 Å². The highest BCUT2D eigenvalue weighted by molar-refractivity contribution is 5.63. The van der Waals surface area contributed by atoms with E-state index in [-0.39, 0.29) is 0 Å². The molecule has 0 atom stereocenters. The fraction of sp³-hybridized carbons (Fsp3) is 0.286. The molecule has 148 valence electrons. The van der Waals surface area contributed by atoms with Gasteiger partial charge in [0.05, 0.1) is 0 Å². The second-order valence-electron chi connectivity index (χ2n) is 8.10. The van der Waals surface area contributed by atoms with Crippen LogP contribution >= 0.6 is 0 Å². The highest BCUT2D eigenvalue weighted by atomic mass is 15.1. The lowest BCUT2D eigenvalue weighted by Crippen LogP contribution is -2.36. The maximum Gasteiger partial charge on any atom is 0.0239 e. The van der Waals surface area contributed by atoms with Crippen molar-refractivity contribution in [2.24, 2.45) is 0 Å². The van der Waals surface area contributed by atoms with E-state index in [1.807, 2.05) is 0 Å². The fourth-order valence-electron chi connectivity index (χ4n) is 4.34. The van der Waals surface area contributed by atoms with Crippen LogP contribution in [0.15, 0.2) is 91.0 Å². The van der Waals surface area contributed by atoms with Gasteiger partial charge in [-0.3, -0.25) is 4.90 Å². The summed E-state index contributed by atoms with van der Waals surface area (Å²) in [6.45, 7) is 2.04. The second kappa shape index (κ2) is 10.2. The van der Waals surface area contributed by atoms with Gasteiger partial charge in [0.15, 0.2) is 0 Å². The van der Waals surface area contributed by atoms with E-state index < -0.39 is 0 Å². The minimum atomic E-state index is 0.706. The van der Waals surface area contributed by atoms with Crippen LogP contribution in [0, 0.1) is 0 Å². The molecule has 0 amide bonds. The normalized spacial score (nSPS) is 15.2. The maximum absolute atomic E-state index is 2.68. The Morgan fingerprint density at radius 1 is 0.690 bits per heavy atom. The zero-order chi connectivity index (χ0) is 19.7. The Hall–Kier alpha value is -2.64. The Labute approximate surface area is 175 Å². The number of rotatable bonds is 7. The number of nitrogens with zero attached hydrogens (tertiary/aromatic N) is 1. The molecule has 29 heavy (non-hydrogen) atoms. The summed E-state index contributed by atoms with van der Waals surface area (Å²) in [7, 11) is 0. The van der Waals surface area contributed by atoms with Crippen LogP contribution < -0.4 is 0 Å². The van der Waals surface area contributed by atoms with Gasteiger partial charge in [0.1, 0.15) is 0 Å². The van der Waals surface area contributed by atoms with Gasteiger partial charge < -0.3 is 0 Å². The molecule has 0 heterocycles. The molecule has 1 heteroatoms. The van der Waals surface area contributed by atoms with Crippen molar-refractivity contribution in [2.75, 3.05) is 6.54 Å². The summed E-state index contributed by atoms with van der Waals surface area (Å²) < 4.78 is 0. The van der Waals surface area contributed by atoms with Crippen molar-refractivity contribution < 1.29 is 0 Å². The van der Waals surface area contributed by atoms with Crippen LogP contribution in [-0.4, -0.2) is 17.5 Å². The third-order valence-electron chi connectivity index (χ3n) is 5.99. The maximum atomic E-state index is 2.68. The standard InChI is InChI=1S/C28H31N/c1-4-11-24(12-5-1)13-10-22-29(28-16-8-3-9-17-28)23-25-18-20-27(21-19-25)26-14-6-2-7-15-26/h1-2,4-7,10-15,18-21,28H,3,8-9,16-17,22-23H2/b13-10+. The SMILES string of the molecule is C(=C\c1ccccc1)/CN(Cc1ccc(-c2ccccc2)cc1)C1CCCCC1. The highest BCUT2D eigenvalue weighted by Crippen LogP contribution is 2.25. The van der Waals surface area contributed by atoms with E-state index in [2.05, 4.69) is 102 Å². The van der Waals surface area contributed by atoms with E-state index in [9.17, 15) is 0 Å². The third-order valence-corrected chi connectivity index (χ3v) is 5.99. The molecule has 1 aliphatic rings. The summed E-state index contributed by atoms with van der Waals surface area (Å²) in [5.74, 6) is 0. The van der Waals surface area contributed by atoms with Crippen LogP contribution in [0.5, 0.6) is 0 Å². The van der Waals surface area contributed by atoms with E-state index in [1.165, 1.54) is 54.4 Å². The molecule has 0 aromatic heterocycles. The van der Waals surface area contributed by atoms with Gasteiger partial charge in [-0.15, -0.1) is 0 Å². The van der Waals surface area contributed by atoms with Gasteiger partial charge in [-0.25, -0.2) is 0 Å². The Morgan fingerprint density at radius 2 is 1.31 bits per heavy atom. The Morgan fingerprint density at radius 3 is 2.00 bits per heavy atom. The summed E-state index contributed by atoms with van der Waals surface area (Å²) in [5.41, 5.74) is 5.27. The molecule has 3 aromatic rings. The summed E-state index contributed by atoms with van der Waals surface area (Å²) >= 11 is 0. The van der Waals surface area contributed by atoms with Crippen LogP contribution in [0.2, 0.25) is 0 Å². The van der Waals surface area contributed by atoms with E-state index >= 15 is 0 Å². The Bertz CT molecular complexity index is 875. The zero-order valence-electron chi connectivity index (χ0n) is 17.2. The molecule has 0 spiro atoms. The van der Waals surface area contributed by atoms with Gasteiger partial charge in [0.2, 0.25) is 0 Å².